The molecular formula is C9H16O3. The van der Waals surface area contributed by atoms with Gasteiger partial charge in [-0.25, -0.2) is 4.79 Å². The van der Waals surface area contributed by atoms with Crippen LogP contribution in [0.4, 0.5) is 0 Å². The molecule has 70 valence electrons. The van der Waals surface area contributed by atoms with Crippen LogP contribution in [0.25, 0.3) is 0 Å². The zero-order valence-corrected chi connectivity index (χ0v) is 8.00. The van der Waals surface area contributed by atoms with Gasteiger partial charge in [-0.1, -0.05) is 0 Å². The second-order valence-corrected chi connectivity index (χ2v) is 3.63. The maximum atomic E-state index is 10.1. The predicted octanol–water partition coefficient (Wildman–Crippen LogP) is 1.83. The number of hydrogen-bond donors (Lipinski definition) is 1. The van der Waals surface area contributed by atoms with Gasteiger partial charge in [0.1, 0.15) is 0 Å². The summed E-state index contributed by atoms with van der Waals surface area (Å²) >= 11 is 0. The normalized spacial score (nSPS) is 15.0. The van der Waals surface area contributed by atoms with Crippen molar-refractivity contribution in [3.05, 3.63) is 12.2 Å². The van der Waals surface area contributed by atoms with E-state index in [1.807, 2.05) is 27.7 Å². The molecule has 0 heterocycles. The van der Waals surface area contributed by atoms with Gasteiger partial charge in [-0.05, 0) is 33.8 Å². The van der Waals surface area contributed by atoms with Crippen LogP contribution in [-0.2, 0) is 9.53 Å². The molecule has 1 atom stereocenters. The monoisotopic (exact) mass is 172 g/mol. The van der Waals surface area contributed by atoms with Crippen molar-refractivity contribution < 1.29 is 14.6 Å². The first-order valence-corrected chi connectivity index (χ1v) is 3.90. The fourth-order valence-corrected chi connectivity index (χ4v) is 0.815. The summed E-state index contributed by atoms with van der Waals surface area (Å²) in [5, 5.41) is 8.32. The molecule has 0 bridgehead atoms. The molecular weight excluding hydrogens is 156 g/mol. The lowest BCUT2D eigenvalue weighted by Gasteiger charge is -2.22. The van der Waals surface area contributed by atoms with Crippen LogP contribution in [0.2, 0.25) is 0 Å². The minimum absolute atomic E-state index is 0.166. The van der Waals surface area contributed by atoms with E-state index in [4.69, 9.17) is 9.84 Å². The van der Waals surface area contributed by atoms with E-state index < -0.39 is 5.97 Å². The predicted molar refractivity (Wildman–Crippen MR) is 47.1 cm³/mol. The van der Waals surface area contributed by atoms with E-state index in [0.717, 1.165) is 6.08 Å². The van der Waals surface area contributed by atoms with Crippen molar-refractivity contribution in [2.45, 2.75) is 39.4 Å². The van der Waals surface area contributed by atoms with Crippen molar-refractivity contribution in [3.63, 3.8) is 0 Å². The number of hydrogen-bond acceptors (Lipinski definition) is 2. The number of rotatable bonds is 3. The molecule has 0 saturated heterocycles. The molecule has 0 fully saturated rings. The molecule has 0 amide bonds. The average molecular weight is 172 g/mol. The Labute approximate surface area is 73.0 Å². The van der Waals surface area contributed by atoms with Crippen LogP contribution < -0.4 is 0 Å². The standard InChI is InChI=1S/C9H16O3/c1-7(5-6-8(10)11)12-9(2,3)4/h5-7H,1-4H3,(H,10,11). The Balaban J connectivity index is 3.90. The average Bonchev–Trinajstić information content (AvgIpc) is 1.79. The van der Waals surface area contributed by atoms with Crippen LogP contribution in [0, 0.1) is 0 Å². The van der Waals surface area contributed by atoms with Gasteiger partial charge in [0, 0.05) is 6.08 Å². The summed E-state index contributed by atoms with van der Waals surface area (Å²) in [5.74, 6) is -0.945. The number of aliphatic carboxylic acids is 1. The van der Waals surface area contributed by atoms with Gasteiger partial charge in [-0.15, -0.1) is 0 Å². The third-order valence-corrected chi connectivity index (χ3v) is 1.05. The molecule has 0 aliphatic heterocycles. The highest BCUT2D eigenvalue weighted by Gasteiger charge is 2.12. The SMILES string of the molecule is CC(C=CC(=O)O)OC(C)(C)C. The van der Waals surface area contributed by atoms with Crippen LogP contribution in [0.5, 0.6) is 0 Å². The van der Waals surface area contributed by atoms with Crippen molar-refractivity contribution in [2.24, 2.45) is 0 Å². The first-order chi connectivity index (χ1) is 5.31. The molecule has 0 radical (unpaired) electrons. The molecule has 0 spiro atoms. The second kappa shape index (κ2) is 4.26. The van der Waals surface area contributed by atoms with Gasteiger partial charge >= 0.3 is 5.97 Å². The van der Waals surface area contributed by atoms with E-state index in [9.17, 15) is 4.79 Å². The fraction of sp³-hybridized carbons (Fsp3) is 0.667. The molecule has 1 N–H and O–H groups in total. The highest BCUT2D eigenvalue weighted by atomic mass is 16.5. The van der Waals surface area contributed by atoms with Gasteiger partial charge in [0.2, 0.25) is 0 Å². The lowest BCUT2D eigenvalue weighted by Crippen LogP contribution is -2.24. The lowest BCUT2D eigenvalue weighted by molar-refractivity contribution is -0.131. The number of carboxylic acids is 1. The zero-order valence-electron chi connectivity index (χ0n) is 8.00. The van der Waals surface area contributed by atoms with Crippen molar-refractivity contribution >= 4 is 5.97 Å². The van der Waals surface area contributed by atoms with Crippen LogP contribution >= 0.6 is 0 Å². The van der Waals surface area contributed by atoms with E-state index in [-0.39, 0.29) is 11.7 Å². The van der Waals surface area contributed by atoms with Crippen LogP contribution in [0.15, 0.2) is 12.2 Å². The summed E-state index contributed by atoms with van der Waals surface area (Å²) in [4.78, 5) is 10.1. The molecule has 3 nitrogen and oxygen atoms in total. The molecule has 0 aromatic heterocycles. The molecule has 0 rings (SSSR count). The van der Waals surface area contributed by atoms with E-state index in [0.29, 0.717) is 0 Å². The summed E-state index contributed by atoms with van der Waals surface area (Å²) in [6, 6.07) is 0. The zero-order chi connectivity index (χ0) is 9.78. The van der Waals surface area contributed by atoms with Crippen LogP contribution in [-0.4, -0.2) is 22.8 Å². The Kier molecular flexibility index (Phi) is 3.96. The molecule has 12 heavy (non-hydrogen) atoms. The van der Waals surface area contributed by atoms with Gasteiger partial charge in [-0.3, -0.25) is 0 Å². The van der Waals surface area contributed by atoms with Crippen LogP contribution in [0.1, 0.15) is 27.7 Å². The highest BCUT2D eigenvalue weighted by molar-refractivity contribution is 5.79. The van der Waals surface area contributed by atoms with Crippen molar-refractivity contribution in [2.75, 3.05) is 0 Å². The summed E-state index contributed by atoms with van der Waals surface area (Å²) in [5.41, 5.74) is -0.234. The maximum Gasteiger partial charge on any atom is 0.328 e. The van der Waals surface area contributed by atoms with Gasteiger partial charge in [-0.2, -0.15) is 0 Å². The topological polar surface area (TPSA) is 46.5 Å². The highest BCUT2D eigenvalue weighted by Crippen LogP contribution is 2.10. The van der Waals surface area contributed by atoms with E-state index in [1.54, 1.807) is 0 Å². The molecule has 0 aliphatic carbocycles. The number of ether oxygens (including phenoxy) is 1. The minimum Gasteiger partial charge on any atom is -0.478 e. The molecule has 0 aromatic rings. The molecule has 0 saturated carbocycles. The van der Waals surface area contributed by atoms with Gasteiger partial charge in [0.05, 0.1) is 11.7 Å². The Morgan fingerprint density at radius 2 is 2.00 bits per heavy atom. The summed E-state index contributed by atoms with van der Waals surface area (Å²) in [6.07, 6.45) is 2.45. The Morgan fingerprint density at radius 1 is 1.50 bits per heavy atom. The third kappa shape index (κ3) is 7.28. The number of carboxylic acid groups (broad SMARTS) is 1. The number of carbonyl (C=O) groups is 1. The van der Waals surface area contributed by atoms with E-state index in [1.165, 1.54) is 6.08 Å². The van der Waals surface area contributed by atoms with Gasteiger partial charge in [0.25, 0.3) is 0 Å². The largest absolute Gasteiger partial charge is 0.478 e. The van der Waals surface area contributed by atoms with Gasteiger partial charge in [0.15, 0.2) is 0 Å². The third-order valence-electron chi connectivity index (χ3n) is 1.05. The Morgan fingerprint density at radius 3 is 2.33 bits per heavy atom. The van der Waals surface area contributed by atoms with Gasteiger partial charge < -0.3 is 9.84 Å². The summed E-state index contributed by atoms with van der Waals surface area (Å²) in [7, 11) is 0. The van der Waals surface area contributed by atoms with Crippen molar-refractivity contribution in [1.82, 2.24) is 0 Å². The van der Waals surface area contributed by atoms with E-state index in [2.05, 4.69) is 0 Å². The first-order valence-electron chi connectivity index (χ1n) is 3.90. The summed E-state index contributed by atoms with van der Waals surface area (Å²) < 4.78 is 5.44. The minimum atomic E-state index is -0.945. The smallest absolute Gasteiger partial charge is 0.328 e. The quantitative estimate of drug-likeness (QED) is 0.660. The van der Waals surface area contributed by atoms with Crippen LogP contribution in [0.3, 0.4) is 0 Å². The molecule has 1 unspecified atom stereocenters. The lowest BCUT2D eigenvalue weighted by atomic mass is 10.2. The molecule has 3 heteroatoms. The fourth-order valence-electron chi connectivity index (χ4n) is 0.815. The Bertz CT molecular complexity index is 177. The maximum absolute atomic E-state index is 10.1. The van der Waals surface area contributed by atoms with Crippen molar-refractivity contribution in [3.8, 4) is 0 Å². The molecule has 0 aliphatic rings. The summed E-state index contributed by atoms with van der Waals surface area (Å²) in [6.45, 7) is 7.60. The van der Waals surface area contributed by atoms with E-state index >= 15 is 0 Å². The second-order valence-electron chi connectivity index (χ2n) is 3.63. The first kappa shape index (κ1) is 11.2. The Hall–Kier alpha value is -0.830. The molecule has 0 aromatic carbocycles. The van der Waals surface area contributed by atoms with Crippen molar-refractivity contribution in [1.29, 1.82) is 0 Å².